The van der Waals surface area contributed by atoms with Crippen LogP contribution < -0.4 is 0 Å². The third-order valence-electron chi connectivity index (χ3n) is 5.19. The Morgan fingerprint density at radius 1 is 0.375 bits per heavy atom. The molecule has 12 nitrogen and oxygen atoms in total. The highest BCUT2D eigenvalue weighted by molar-refractivity contribution is 5.70. The zero-order valence-corrected chi connectivity index (χ0v) is 25.1. The van der Waals surface area contributed by atoms with Crippen molar-refractivity contribution in [1.82, 2.24) is 0 Å². The van der Waals surface area contributed by atoms with Crippen molar-refractivity contribution in [3.8, 4) is 0 Å². The van der Waals surface area contributed by atoms with Crippen molar-refractivity contribution >= 4 is 5.97 Å². The van der Waals surface area contributed by atoms with Gasteiger partial charge in [-0.25, -0.2) is 4.79 Å². The van der Waals surface area contributed by atoms with Gasteiger partial charge in [-0.3, -0.25) is 0 Å². The van der Waals surface area contributed by atoms with E-state index in [-0.39, 0.29) is 6.61 Å². The molecule has 0 aliphatic carbocycles. The van der Waals surface area contributed by atoms with Gasteiger partial charge in [-0.15, -0.1) is 0 Å². The Balaban J connectivity index is 3.04. The molecule has 0 rings (SSSR count). The summed E-state index contributed by atoms with van der Waals surface area (Å²) in [5, 5.41) is 0. The van der Waals surface area contributed by atoms with E-state index in [1.54, 1.807) is 0 Å². The maximum atomic E-state index is 10.8. The minimum absolute atomic E-state index is 0.0657. The van der Waals surface area contributed by atoms with Crippen LogP contribution in [0.5, 0.6) is 0 Å². The van der Waals surface area contributed by atoms with Gasteiger partial charge in [-0.2, -0.15) is 0 Å². The number of hydrogen-bond donors (Lipinski definition) is 0. The fourth-order valence-corrected chi connectivity index (χ4v) is 3.00. The van der Waals surface area contributed by atoms with Gasteiger partial charge in [0.05, 0.1) is 126 Å². The molecule has 40 heavy (non-hydrogen) atoms. The molecule has 0 aromatic rings. The van der Waals surface area contributed by atoms with Crippen molar-refractivity contribution in [2.75, 3.05) is 139 Å². The predicted octanol–water partition coefficient (Wildman–Crippen LogP) is 2.30. The van der Waals surface area contributed by atoms with Crippen LogP contribution in [-0.2, 0) is 56.9 Å². The molecule has 0 spiro atoms. The van der Waals surface area contributed by atoms with Gasteiger partial charge >= 0.3 is 5.97 Å². The summed E-state index contributed by atoms with van der Waals surface area (Å²) >= 11 is 0. The molecule has 0 aliphatic heterocycles. The van der Waals surface area contributed by atoms with Crippen LogP contribution in [-0.4, -0.2) is 145 Å². The van der Waals surface area contributed by atoms with E-state index < -0.39 is 5.97 Å². The molecule has 0 aromatic carbocycles. The van der Waals surface area contributed by atoms with Crippen LogP contribution in [0.25, 0.3) is 0 Å². The molecule has 0 atom stereocenters. The lowest BCUT2D eigenvalue weighted by atomic mass is 10.2. The van der Waals surface area contributed by atoms with Crippen molar-refractivity contribution in [3.05, 3.63) is 0 Å². The molecule has 0 unspecified atom stereocenters. The molecule has 240 valence electrons. The Morgan fingerprint density at radius 3 is 0.950 bits per heavy atom. The summed E-state index contributed by atoms with van der Waals surface area (Å²) in [6.07, 6.45) is 6.27. The SMILES string of the molecule is CCCCCCCOCCOCCOCCOCCOCCOCCOCCOCCOCCOCC(=O)OC. The van der Waals surface area contributed by atoms with Crippen LogP contribution in [0.2, 0.25) is 0 Å². The van der Waals surface area contributed by atoms with Crippen LogP contribution in [0, 0.1) is 0 Å². The maximum absolute atomic E-state index is 10.8. The summed E-state index contributed by atoms with van der Waals surface area (Å²) in [4.78, 5) is 10.8. The quantitative estimate of drug-likeness (QED) is 0.0803. The molecule has 0 radical (unpaired) electrons. The predicted molar refractivity (Wildman–Crippen MR) is 149 cm³/mol. The van der Waals surface area contributed by atoms with Gasteiger partial charge in [-0.05, 0) is 6.42 Å². The standard InChI is InChI=1S/C28H56O12/c1-3-4-5-6-7-8-31-9-10-32-11-12-33-13-14-34-15-16-35-17-18-36-19-20-37-21-22-38-23-24-39-25-26-40-27-28(29)30-2/h3-27H2,1-2H3. The van der Waals surface area contributed by atoms with E-state index >= 15 is 0 Å². The normalized spacial score (nSPS) is 11.3. The molecule has 0 fully saturated rings. The average Bonchev–Trinajstić information content (AvgIpc) is 2.97. The van der Waals surface area contributed by atoms with Gasteiger partial charge in [0, 0.05) is 6.61 Å². The summed E-state index contributed by atoms with van der Waals surface area (Å²) in [5.74, 6) is -0.404. The molecule has 0 heterocycles. The van der Waals surface area contributed by atoms with Crippen LogP contribution >= 0.6 is 0 Å². The van der Waals surface area contributed by atoms with Crippen LogP contribution in [0.1, 0.15) is 39.0 Å². The molecule has 0 bridgehead atoms. The molecular formula is C28H56O12. The number of unbranched alkanes of at least 4 members (excludes halogenated alkanes) is 4. The molecule has 0 saturated carbocycles. The monoisotopic (exact) mass is 584 g/mol. The second-order valence-electron chi connectivity index (χ2n) is 8.55. The largest absolute Gasteiger partial charge is 0.467 e. The fraction of sp³-hybridized carbons (Fsp3) is 0.964. The highest BCUT2D eigenvalue weighted by Gasteiger charge is 1.99. The van der Waals surface area contributed by atoms with Gasteiger partial charge in [0.25, 0.3) is 0 Å². The molecule has 0 aromatic heterocycles. The van der Waals surface area contributed by atoms with Gasteiger partial charge in [0.1, 0.15) is 6.61 Å². The van der Waals surface area contributed by atoms with Crippen LogP contribution in [0.4, 0.5) is 0 Å². The number of rotatable bonds is 35. The summed E-state index contributed by atoms with van der Waals surface area (Å²) in [5.41, 5.74) is 0. The third kappa shape index (κ3) is 35.1. The van der Waals surface area contributed by atoms with Crippen molar-refractivity contribution in [1.29, 1.82) is 0 Å². The Kier molecular flexibility index (Phi) is 35.3. The third-order valence-corrected chi connectivity index (χ3v) is 5.19. The minimum Gasteiger partial charge on any atom is -0.467 e. The van der Waals surface area contributed by atoms with Crippen molar-refractivity contribution in [2.45, 2.75) is 39.0 Å². The first-order chi connectivity index (χ1) is 19.8. The first-order valence-electron chi connectivity index (χ1n) is 14.7. The van der Waals surface area contributed by atoms with Crippen LogP contribution in [0.15, 0.2) is 0 Å². The second-order valence-corrected chi connectivity index (χ2v) is 8.55. The number of esters is 1. The van der Waals surface area contributed by atoms with Crippen molar-refractivity contribution < 1.29 is 56.9 Å². The molecule has 0 aliphatic rings. The fourth-order valence-electron chi connectivity index (χ4n) is 3.00. The number of carbonyl (C=O) groups excluding carboxylic acids is 1. The molecular weight excluding hydrogens is 528 g/mol. The molecule has 0 saturated heterocycles. The van der Waals surface area contributed by atoms with Gasteiger partial charge < -0.3 is 52.1 Å². The lowest BCUT2D eigenvalue weighted by Gasteiger charge is -2.09. The molecule has 12 heteroatoms. The smallest absolute Gasteiger partial charge is 0.331 e. The van der Waals surface area contributed by atoms with Crippen molar-refractivity contribution in [3.63, 3.8) is 0 Å². The molecule has 0 amide bonds. The lowest BCUT2D eigenvalue weighted by Crippen LogP contribution is -2.16. The Hall–Kier alpha value is -0.930. The Bertz CT molecular complexity index is 484. The average molecular weight is 585 g/mol. The van der Waals surface area contributed by atoms with E-state index in [0.29, 0.717) is 119 Å². The Morgan fingerprint density at radius 2 is 0.650 bits per heavy atom. The van der Waals surface area contributed by atoms with E-state index in [1.165, 1.54) is 32.8 Å². The van der Waals surface area contributed by atoms with E-state index in [4.69, 9.17) is 47.4 Å². The van der Waals surface area contributed by atoms with Gasteiger partial charge in [0.2, 0.25) is 0 Å². The summed E-state index contributed by atoms with van der Waals surface area (Å²) in [6.45, 7) is 12.1. The zero-order chi connectivity index (χ0) is 29.0. The maximum Gasteiger partial charge on any atom is 0.331 e. The van der Waals surface area contributed by atoms with E-state index in [2.05, 4.69) is 11.7 Å². The minimum atomic E-state index is -0.404. The highest BCUT2D eigenvalue weighted by Crippen LogP contribution is 2.02. The summed E-state index contributed by atoms with van der Waals surface area (Å²) in [6, 6.07) is 0. The number of ether oxygens (including phenoxy) is 11. The topological polar surface area (TPSA) is 119 Å². The highest BCUT2D eigenvalue weighted by atomic mass is 16.6. The van der Waals surface area contributed by atoms with E-state index in [9.17, 15) is 4.79 Å². The van der Waals surface area contributed by atoms with E-state index in [1.807, 2.05) is 0 Å². The Labute approximate surface area is 241 Å². The van der Waals surface area contributed by atoms with Crippen LogP contribution in [0.3, 0.4) is 0 Å². The summed E-state index contributed by atoms with van der Waals surface area (Å²) < 4.78 is 58.5. The van der Waals surface area contributed by atoms with Gasteiger partial charge in [0.15, 0.2) is 0 Å². The number of carbonyl (C=O) groups is 1. The zero-order valence-electron chi connectivity index (χ0n) is 25.1. The molecule has 0 N–H and O–H groups in total. The number of methoxy groups -OCH3 is 1. The lowest BCUT2D eigenvalue weighted by molar-refractivity contribution is -0.146. The second kappa shape index (κ2) is 36.1. The van der Waals surface area contributed by atoms with Gasteiger partial charge in [-0.1, -0.05) is 32.6 Å². The summed E-state index contributed by atoms with van der Waals surface area (Å²) in [7, 11) is 1.32. The van der Waals surface area contributed by atoms with Crippen molar-refractivity contribution in [2.24, 2.45) is 0 Å². The first-order valence-corrected chi connectivity index (χ1v) is 14.7. The number of hydrogen-bond acceptors (Lipinski definition) is 12. The first kappa shape index (κ1) is 39.1. The van der Waals surface area contributed by atoms with E-state index in [0.717, 1.165) is 13.0 Å².